The van der Waals surface area contributed by atoms with Gasteiger partial charge in [0, 0.05) is 0 Å². The van der Waals surface area contributed by atoms with Crippen molar-refractivity contribution in [2.75, 3.05) is 0 Å². The molecule has 0 aliphatic rings. The summed E-state index contributed by atoms with van der Waals surface area (Å²) in [5.41, 5.74) is 0. The number of carboxylic acid groups (broad SMARTS) is 3. The molecule has 0 bridgehead atoms. The topological polar surface area (TPSA) is 121 Å². The van der Waals surface area contributed by atoms with Gasteiger partial charge in [-0.2, -0.15) is 0 Å². The van der Waals surface area contributed by atoms with Crippen molar-refractivity contribution in [1.82, 2.24) is 4.57 Å². The van der Waals surface area contributed by atoms with Crippen molar-refractivity contribution in [3.8, 4) is 0 Å². The molecule has 18 heavy (non-hydrogen) atoms. The number of aromatic nitrogens is 2. The zero-order valence-corrected chi connectivity index (χ0v) is 9.82. The maximum Gasteiger partial charge on any atom is 0.349 e. The highest BCUT2D eigenvalue weighted by Gasteiger charge is 2.27. The van der Waals surface area contributed by atoms with E-state index >= 15 is 0 Å². The van der Waals surface area contributed by atoms with Crippen LogP contribution in [0.15, 0.2) is 18.7 Å². The summed E-state index contributed by atoms with van der Waals surface area (Å²) >= 11 is 0. The summed E-state index contributed by atoms with van der Waals surface area (Å²) in [7, 11) is 0. The molecule has 1 rings (SSSR count). The van der Waals surface area contributed by atoms with E-state index in [1.54, 1.807) is 0 Å². The monoisotopic (exact) mass is 278 g/mol. The molecule has 1 aromatic rings. The Hall–Kier alpha value is -2.09. The first-order valence-corrected chi connectivity index (χ1v) is 4.63. The third-order valence-electron chi connectivity index (χ3n) is 2.04. The highest BCUT2D eigenvalue weighted by Crippen LogP contribution is 2.10. The second-order valence-corrected chi connectivity index (χ2v) is 3.38. The van der Waals surface area contributed by atoms with Gasteiger partial charge in [0.15, 0.2) is 6.54 Å². The number of rotatable bonds is 6. The molecule has 9 heteroatoms. The number of carbonyl (C=O) groups is 3. The number of nitrogens with zero attached hydrogens (tertiary/aromatic N) is 2. The van der Waals surface area contributed by atoms with E-state index < -0.39 is 30.4 Å². The van der Waals surface area contributed by atoms with Crippen LogP contribution in [-0.4, -0.2) is 37.8 Å². The molecule has 100 valence electrons. The van der Waals surface area contributed by atoms with Crippen molar-refractivity contribution in [3.63, 3.8) is 0 Å². The van der Waals surface area contributed by atoms with E-state index in [-0.39, 0.29) is 19.0 Å². The molecule has 0 fully saturated rings. The van der Waals surface area contributed by atoms with Crippen LogP contribution in [0.1, 0.15) is 12.5 Å². The first-order valence-electron chi connectivity index (χ1n) is 4.63. The molecule has 1 heterocycles. The molecule has 0 aliphatic carbocycles. The first-order chi connectivity index (χ1) is 7.90. The standard InChI is InChI=1S/C9H10N2O6.ClH/c12-7(13)3-6(9(16)17)11-2-1-10(5-11)4-8(14)15;/h1-2,5-6H,3-4H2,(H2-,12,13,14,15,16,17);1H. The minimum atomic E-state index is -1.29. The number of imidazole rings is 1. The first kappa shape index (κ1) is 15.9. The van der Waals surface area contributed by atoms with Gasteiger partial charge in [0.1, 0.15) is 12.4 Å². The van der Waals surface area contributed by atoms with Gasteiger partial charge in [-0.25, -0.2) is 18.7 Å². The van der Waals surface area contributed by atoms with Crippen LogP contribution < -0.4 is 17.0 Å². The molecule has 0 amide bonds. The molecule has 0 radical (unpaired) electrons. The van der Waals surface area contributed by atoms with Gasteiger partial charge in [-0.15, -0.1) is 0 Å². The Kier molecular flexibility index (Phi) is 5.83. The third kappa shape index (κ3) is 4.42. The molecule has 0 saturated heterocycles. The van der Waals surface area contributed by atoms with E-state index in [0.29, 0.717) is 0 Å². The van der Waals surface area contributed by atoms with Crippen molar-refractivity contribution in [2.24, 2.45) is 0 Å². The molecule has 0 aromatic carbocycles. The van der Waals surface area contributed by atoms with Crippen molar-refractivity contribution in [1.29, 1.82) is 0 Å². The molecule has 3 N–H and O–H groups in total. The van der Waals surface area contributed by atoms with E-state index in [2.05, 4.69) is 0 Å². The molecular formula is C9H11ClN2O6. The Morgan fingerprint density at radius 1 is 1.17 bits per heavy atom. The molecule has 1 unspecified atom stereocenters. The van der Waals surface area contributed by atoms with Gasteiger partial charge in [-0.05, 0) is 0 Å². The number of hydrogen-bond donors (Lipinski definition) is 3. The molecule has 0 aliphatic heterocycles. The average Bonchev–Trinajstić information content (AvgIpc) is 2.60. The molecule has 0 saturated carbocycles. The molecule has 1 aromatic heterocycles. The van der Waals surface area contributed by atoms with Gasteiger partial charge < -0.3 is 27.7 Å². The SMILES string of the molecule is O=C(O)CC(C(=O)O)n1cc[n+](CC(=O)O)c1.[Cl-]. The lowest BCUT2D eigenvalue weighted by Gasteiger charge is -2.04. The number of halogens is 1. The van der Waals surface area contributed by atoms with Gasteiger partial charge in [-0.1, -0.05) is 0 Å². The maximum absolute atomic E-state index is 10.9. The fourth-order valence-electron chi connectivity index (χ4n) is 1.33. The normalized spacial score (nSPS) is 11.3. The lowest BCUT2D eigenvalue weighted by atomic mass is 10.2. The highest BCUT2D eigenvalue weighted by atomic mass is 35.5. The maximum atomic E-state index is 10.9. The van der Waals surface area contributed by atoms with Crippen LogP contribution in [0, 0.1) is 0 Å². The predicted molar refractivity (Wildman–Crippen MR) is 51.2 cm³/mol. The zero-order chi connectivity index (χ0) is 13.0. The number of carboxylic acids is 3. The average molecular weight is 279 g/mol. The van der Waals surface area contributed by atoms with Gasteiger partial charge >= 0.3 is 17.9 Å². The highest BCUT2D eigenvalue weighted by molar-refractivity contribution is 5.79. The fourth-order valence-corrected chi connectivity index (χ4v) is 1.33. The van der Waals surface area contributed by atoms with E-state index in [4.69, 9.17) is 15.3 Å². The van der Waals surface area contributed by atoms with Gasteiger partial charge in [0.25, 0.3) is 0 Å². The summed E-state index contributed by atoms with van der Waals surface area (Å²) in [4.78, 5) is 31.8. The van der Waals surface area contributed by atoms with E-state index in [0.717, 1.165) is 4.57 Å². The van der Waals surface area contributed by atoms with Crippen LogP contribution in [-0.2, 0) is 20.9 Å². The smallest absolute Gasteiger partial charge is 0.349 e. The van der Waals surface area contributed by atoms with Crippen LogP contribution in [0.25, 0.3) is 0 Å². The van der Waals surface area contributed by atoms with Gasteiger partial charge in [0.05, 0.1) is 6.42 Å². The zero-order valence-electron chi connectivity index (χ0n) is 9.06. The Balaban J connectivity index is 0.00000289. The summed E-state index contributed by atoms with van der Waals surface area (Å²) in [5.74, 6) is -3.60. The van der Waals surface area contributed by atoms with Crippen molar-refractivity contribution < 1.29 is 46.7 Å². The minimum absolute atomic E-state index is 0. The lowest BCUT2D eigenvalue weighted by Crippen LogP contribution is -3.00. The summed E-state index contributed by atoms with van der Waals surface area (Å²) in [6, 6.07) is -1.25. The third-order valence-corrected chi connectivity index (χ3v) is 2.04. The van der Waals surface area contributed by atoms with Crippen molar-refractivity contribution >= 4 is 17.9 Å². The summed E-state index contributed by atoms with van der Waals surface area (Å²) in [6.45, 7) is -0.313. The summed E-state index contributed by atoms with van der Waals surface area (Å²) in [5, 5.41) is 26.0. The molecule has 8 nitrogen and oxygen atoms in total. The van der Waals surface area contributed by atoms with Gasteiger partial charge in [-0.3, -0.25) is 4.79 Å². The summed E-state index contributed by atoms with van der Waals surface area (Å²) in [6.07, 6.45) is 3.36. The van der Waals surface area contributed by atoms with Crippen LogP contribution in [0.4, 0.5) is 0 Å². The predicted octanol–water partition coefficient (Wildman–Crippen LogP) is -4.04. The van der Waals surface area contributed by atoms with Gasteiger partial charge in [0.2, 0.25) is 12.4 Å². The Bertz CT molecular complexity index is 458. The number of hydrogen-bond acceptors (Lipinski definition) is 3. The molecular weight excluding hydrogens is 268 g/mol. The Morgan fingerprint density at radius 3 is 2.22 bits per heavy atom. The molecule has 1 atom stereocenters. The van der Waals surface area contributed by atoms with Crippen molar-refractivity contribution in [3.05, 3.63) is 18.7 Å². The Morgan fingerprint density at radius 2 is 1.78 bits per heavy atom. The van der Waals surface area contributed by atoms with Crippen LogP contribution in [0.5, 0.6) is 0 Å². The van der Waals surface area contributed by atoms with Crippen LogP contribution in [0.3, 0.4) is 0 Å². The fraction of sp³-hybridized carbons (Fsp3) is 0.333. The van der Waals surface area contributed by atoms with E-state index in [1.807, 2.05) is 0 Å². The molecule has 0 spiro atoms. The van der Waals surface area contributed by atoms with Crippen LogP contribution >= 0.6 is 0 Å². The summed E-state index contributed by atoms with van der Waals surface area (Å²) < 4.78 is 2.40. The quantitative estimate of drug-likeness (QED) is 0.456. The second-order valence-electron chi connectivity index (χ2n) is 3.38. The van der Waals surface area contributed by atoms with E-state index in [1.165, 1.54) is 23.3 Å². The second kappa shape index (κ2) is 6.60. The minimum Gasteiger partial charge on any atom is -1.00 e. The van der Waals surface area contributed by atoms with Crippen molar-refractivity contribution in [2.45, 2.75) is 19.0 Å². The number of aliphatic carboxylic acids is 3. The van der Waals surface area contributed by atoms with Crippen LogP contribution in [0.2, 0.25) is 0 Å². The van der Waals surface area contributed by atoms with E-state index in [9.17, 15) is 14.4 Å². The Labute approximate surface area is 107 Å². The largest absolute Gasteiger partial charge is 1.00 e. The lowest BCUT2D eigenvalue weighted by molar-refractivity contribution is -0.685.